The summed E-state index contributed by atoms with van der Waals surface area (Å²) in [5.41, 5.74) is 3.34. The van der Waals surface area contributed by atoms with E-state index in [1.165, 1.54) is 82.2 Å². The highest BCUT2D eigenvalue weighted by Gasteiger charge is 2.20. The number of unbranched alkanes of at least 4 members (excludes halogenated alkanes) is 1. The van der Waals surface area contributed by atoms with E-state index in [4.69, 9.17) is 9.73 Å². The number of nitrogens with one attached hydrogen (secondary N) is 3. The van der Waals surface area contributed by atoms with E-state index in [9.17, 15) is 8.78 Å². The third-order valence-corrected chi connectivity index (χ3v) is 9.29. The second-order valence-electron chi connectivity index (χ2n) is 12.3. The monoisotopic (exact) mass is 570 g/mol. The van der Waals surface area contributed by atoms with Gasteiger partial charge < -0.3 is 20.0 Å². The van der Waals surface area contributed by atoms with Crippen LogP contribution in [-0.4, -0.2) is 34.5 Å². The van der Waals surface area contributed by atoms with Gasteiger partial charge in [-0.15, -0.1) is 0 Å². The van der Waals surface area contributed by atoms with Crippen molar-refractivity contribution in [3.63, 3.8) is 0 Å². The van der Waals surface area contributed by atoms with E-state index >= 15 is 0 Å². The molecule has 7 heteroatoms. The number of halogens is 2. The predicted molar refractivity (Wildman–Crippen MR) is 169 cm³/mol. The molecule has 0 spiro atoms. The summed E-state index contributed by atoms with van der Waals surface area (Å²) in [5, 5.41) is 7.16. The second-order valence-corrected chi connectivity index (χ2v) is 12.3. The van der Waals surface area contributed by atoms with E-state index in [0.717, 1.165) is 62.9 Å². The minimum atomic E-state index is -0.288. The van der Waals surface area contributed by atoms with E-state index in [-0.39, 0.29) is 11.6 Å². The maximum Gasteiger partial charge on any atom is 0.167 e. The lowest BCUT2D eigenvalue weighted by atomic mass is 9.94. The van der Waals surface area contributed by atoms with Crippen molar-refractivity contribution in [2.75, 3.05) is 6.61 Å². The van der Waals surface area contributed by atoms with Crippen molar-refractivity contribution in [2.45, 2.75) is 95.6 Å². The van der Waals surface area contributed by atoms with Crippen molar-refractivity contribution in [3.05, 3.63) is 54.1 Å². The number of aromatic amines is 2. The zero-order chi connectivity index (χ0) is 28.5. The Morgan fingerprint density at radius 2 is 1.33 bits per heavy atom. The summed E-state index contributed by atoms with van der Waals surface area (Å²) in [6.07, 6.45) is 15.6. The normalized spacial score (nSPS) is 17.6. The highest BCUT2D eigenvalue weighted by Crippen LogP contribution is 2.41. The van der Waals surface area contributed by atoms with Gasteiger partial charge in [0.05, 0.1) is 29.5 Å². The molecule has 42 heavy (non-hydrogen) atoms. The first-order valence-corrected chi connectivity index (χ1v) is 15.9. The van der Waals surface area contributed by atoms with Crippen LogP contribution in [0.5, 0.6) is 5.75 Å². The molecule has 0 radical (unpaired) electrons. The second kappa shape index (κ2) is 11.9. The summed E-state index contributed by atoms with van der Waals surface area (Å²) in [4.78, 5) is 12.1. The largest absolute Gasteiger partial charge is 0.489 e. The highest BCUT2D eigenvalue weighted by atomic mass is 19.1. The summed E-state index contributed by atoms with van der Waals surface area (Å²) < 4.78 is 35.0. The fourth-order valence-corrected chi connectivity index (χ4v) is 7.10. The molecular weight excluding hydrogens is 530 g/mol. The van der Waals surface area contributed by atoms with Crippen LogP contribution in [0.15, 0.2) is 47.5 Å². The summed E-state index contributed by atoms with van der Waals surface area (Å²) >= 11 is 0. The van der Waals surface area contributed by atoms with Crippen LogP contribution in [0, 0.1) is 11.6 Å². The quantitative estimate of drug-likeness (QED) is 0.0988. The van der Waals surface area contributed by atoms with Gasteiger partial charge in [-0.2, -0.15) is 0 Å². The summed E-state index contributed by atoms with van der Waals surface area (Å²) in [6, 6.07) is 12.6. The molecule has 5 nitrogen and oxygen atoms in total. The molecule has 0 aliphatic heterocycles. The average Bonchev–Trinajstić information content (AvgIpc) is 3.55. The number of hydrogen-bond donors (Lipinski definition) is 3. The Morgan fingerprint density at radius 3 is 1.95 bits per heavy atom. The number of aliphatic imine (C=N–C) groups is 1. The zero-order valence-electron chi connectivity index (χ0n) is 24.2. The number of rotatable bonds is 8. The number of nitrogens with zero attached hydrogens (tertiary/aromatic N) is 1. The van der Waals surface area contributed by atoms with E-state index in [0.29, 0.717) is 24.4 Å². The fourth-order valence-electron chi connectivity index (χ4n) is 7.10. The highest BCUT2D eigenvalue weighted by molar-refractivity contribution is 6.20. The topological polar surface area (TPSA) is 65.2 Å². The molecule has 0 unspecified atom stereocenters. The van der Waals surface area contributed by atoms with E-state index in [1.807, 2.05) is 6.07 Å². The minimum Gasteiger partial charge on any atom is -0.489 e. The molecule has 220 valence electrons. The third kappa shape index (κ3) is 5.58. The van der Waals surface area contributed by atoms with E-state index in [2.05, 4.69) is 15.3 Å². The number of benzene rings is 3. The standard InChI is InChI=1S/C35H40F2N4O/c36-22-14-16-30-26(19-22)28-21-29-27-20-23(37)15-17-31(27)41-34(29)35(33(28)40-30)42-18-8-7-13-32(38-24-9-3-1-4-10-24)39-25-11-5-2-6-12-25/h14-17,19-21,24-25,40-41H,1-13,18H2,(H,38,39). The molecule has 7 rings (SSSR count). The lowest BCUT2D eigenvalue weighted by Gasteiger charge is -2.26. The Kier molecular flexibility index (Phi) is 7.74. The first kappa shape index (κ1) is 27.2. The number of aromatic nitrogens is 2. The zero-order valence-corrected chi connectivity index (χ0v) is 24.2. The van der Waals surface area contributed by atoms with Gasteiger partial charge in [-0.05, 0) is 81.0 Å². The SMILES string of the molecule is Fc1ccc2[nH]c3c(OCCCCC(=NC4CCCCC4)NC4CCCCC4)c4[nH]c5ccc(F)cc5c4cc3c2c1. The van der Waals surface area contributed by atoms with Crippen LogP contribution >= 0.6 is 0 Å². The van der Waals surface area contributed by atoms with Crippen molar-refractivity contribution >= 4 is 49.4 Å². The number of ether oxygens (including phenoxy) is 1. The van der Waals surface area contributed by atoms with E-state index in [1.54, 1.807) is 24.3 Å². The van der Waals surface area contributed by atoms with Crippen LogP contribution in [0.3, 0.4) is 0 Å². The molecule has 3 N–H and O–H groups in total. The maximum absolute atomic E-state index is 14.2. The minimum absolute atomic E-state index is 0.288. The van der Waals surface area contributed by atoms with Gasteiger partial charge in [-0.1, -0.05) is 38.5 Å². The number of hydrogen-bond acceptors (Lipinski definition) is 2. The van der Waals surface area contributed by atoms with E-state index < -0.39 is 0 Å². The van der Waals surface area contributed by atoms with Crippen LogP contribution in [0.1, 0.15) is 83.5 Å². The van der Waals surface area contributed by atoms with Crippen LogP contribution in [0.25, 0.3) is 43.6 Å². The summed E-state index contributed by atoms with van der Waals surface area (Å²) in [6.45, 7) is 0.543. The van der Waals surface area contributed by atoms with Gasteiger partial charge in [0.2, 0.25) is 0 Å². The Hall–Kier alpha value is -3.61. The molecule has 2 aliphatic carbocycles. The number of amidine groups is 1. The average molecular weight is 571 g/mol. The van der Waals surface area contributed by atoms with Gasteiger partial charge in [0, 0.05) is 45.0 Å². The van der Waals surface area contributed by atoms with Crippen molar-refractivity contribution in [3.8, 4) is 5.75 Å². The van der Waals surface area contributed by atoms with Crippen molar-refractivity contribution in [1.29, 1.82) is 0 Å². The van der Waals surface area contributed by atoms with Crippen LogP contribution in [0.2, 0.25) is 0 Å². The van der Waals surface area contributed by atoms with Crippen molar-refractivity contribution in [1.82, 2.24) is 15.3 Å². The van der Waals surface area contributed by atoms with Gasteiger partial charge in [-0.25, -0.2) is 8.78 Å². The summed E-state index contributed by atoms with van der Waals surface area (Å²) in [7, 11) is 0. The Bertz CT molecular complexity index is 1650. The van der Waals surface area contributed by atoms with Crippen molar-refractivity contribution < 1.29 is 13.5 Å². The molecule has 2 aliphatic rings. The van der Waals surface area contributed by atoms with Crippen LogP contribution in [-0.2, 0) is 0 Å². The smallest absolute Gasteiger partial charge is 0.167 e. The molecule has 2 saturated carbocycles. The Balaban J connectivity index is 1.12. The molecule has 0 bridgehead atoms. The molecule has 0 atom stereocenters. The van der Waals surface area contributed by atoms with Crippen molar-refractivity contribution in [2.24, 2.45) is 4.99 Å². The molecule has 2 aromatic heterocycles. The maximum atomic E-state index is 14.2. The third-order valence-electron chi connectivity index (χ3n) is 9.29. The van der Waals surface area contributed by atoms with Gasteiger partial charge >= 0.3 is 0 Å². The van der Waals surface area contributed by atoms with Gasteiger partial charge in [0.25, 0.3) is 0 Å². The molecule has 0 saturated heterocycles. The van der Waals surface area contributed by atoms with Gasteiger partial charge in [0.1, 0.15) is 11.6 Å². The lowest BCUT2D eigenvalue weighted by Crippen LogP contribution is -2.37. The molecule has 3 aromatic carbocycles. The molecule has 2 fully saturated rings. The first-order chi connectivity index (χ1) is 20.6. The first-order valence-electron chi connectivity index (χ1n) is 15.9. The summed E-state index contributed by atoms with van der Waals surface area (Å²) in [5.74, 6) is 1.31. The van der Waals surface area contributed by atoms with Gasteiger partial charge in [0.15, 0.2) is 5.75 Å². The lowest BCUT2D eigenvalue weighted by molar-refractivity contribution is 0.313. The fraction of sp³-hybridized carbons (Fsp3) is 0.457. The number of H-pyrrole nitrogens is 2. The Morgan fingerprint density at radius 1 is 0.738 bits per heavy atom. The van der Waals surface area contributed by atoms with Crippen LogP contribution < -0.4 is 10.1 Å². The predicted octanol–water partition coefficient (Wildman–Crippen LogP) is 9.44. The number of fused-ring (bicyclic) bond motifs is 6. The van der Waals surface area contributed by atoms with Crippen LogP contribution in [0.4, 0.5) is 8.78 Å². The van der Waals surface area contributed by atoms with Gasteiger partial charge in [-0.3, -0.25) is 4.99 Å². The molecule has 5 aromatic rings. The molecule has 2 heterocycles. The molecule has 0 amide bonds. The molecular formula is C35H40F2N4O. The Labute approximate surface area is 245 Å².